The summed E-state index contributed by atoms with van der Waals surface area (Å²) in [6.07, 6.45) is 6.00. The Balaban J connectivity index is 1.94. The molecule has 39 heavy (non-hydrogen) atoms. The Bertz CT molecular complexity index is 1280. The molecule has 1 N–H and O–H groups in total. The Kier molecular flexibility index (Phi) is 10.7. The molecule has 2 amide bonds. The van der Waals surface area contributed by atoms with Crippen LogP contribution in [0, 0.1) is 0 Å². The molecule has 1 saturated carbocycles. The molecule has 1 fully saturated rings. The molecule has 0 bridgehead atoms. The first kappa shape index (κ1) is 30.8. The minimum Gasteiger partial charge on any atom is -0.497 e. The standard InChI is InChI=1S/C27H35Cl2N3O6S/c1-18(27(34)30-20-8-6-5-7-9-20)31(16-19-10-12-22(28)23(29)14-19)26(33)17-32(39(4,35)36)24-13-11-21(37-2)15-25(24)38-3/h10-15,18,20H,5-9,16-17H2,1-4H3,(H,30,34)/t18-/m1/s1. The van der Waals surface area contributed by atoms with Crippen LogP contribution in [-0.4, -0.2) is 64.2 Å². The molecule has 0 saturated heterocycles. The summed E-state index contributed by atoms with van der Waals surface area (Å²) >= 11 is 12.3. The van der Waals surface area contributed by atoms with Gasteiger partial charge in [0.1, 0.15) is 24.1 Å². The number of hydrogen-bond acceptors (Lipinski definition) is 6. The van der Waals surface area contributed by atoms with E-state index in [9.17, 15) is 18.0 Å². The van der Waals surface area contributed by atoms with Crippen molar-refractivity contribution in [2.24, 2.45) is 0 Å². The van der Waals surface area contributed by atoms with Crippen LogP contribution in [0.3, 0.4) is 0 Å². The number of carbonyl (C=O) groups excluding carboxylic acids is 2. The number of sulfonamides is 1. The molecule has 1 aliphatic carbocycles. The quantitative estimate of drug-likeness (QED) is 0.403. The predicted octanol–water partition coefficient (Wildman–Crippen LogP) is 4.64. The first-order chi connectivity index (χ1) is 18.4. The van der Waals surface area contributed by atoms with E-state index in [0.717, 1.165) is 42.7 Å². The van der Waals surface area contributed by atoms with Crippen molar-refractivity contribution in [3.8, 4) is 11.5 Å². The van der Waals surface area contributed by atoms with Gasteiger partial charge in [-0.25, -0.2) is 8.42 Å². The highest BCUT2D eigenvalue weighted by molar-refractivity contribution is 7.92. The third-order valence-electron chi connectivity index (χ3n) is 6.79. The maximum Gasteiger partial charge on any atom is 0.244 e. The summed E-state index contributed by atoms with van der Waals surface area (Å²) in [5, 5.41) is 3.73. The normalized spacial score (nSPS) is 14.8. The van der Waals surface area contributed by atoms with Crippen LogP contribution in [0.25, 0.3) is 0 Å². The van der Waals surface area contributed by atoms with Gasteiger partial charge in [0.25, 0.3) is 0 Å². The van der Waals surface area contributed by atoms with Gasteiger partial charge in [0.05, 0.1) is 36.2 Å². The molecule has 2 aromatic carbocycles. The molecule has 0 aliphatic heterocycles. The molecule has 12 heteroatoms. The van der Waals surface area contributed by atoms with Crippen molar-refractivity contribution in [1.82, 2.24) is 10.2 Å². The zero-order valence-corrected chi connectivity index (χ0v) is 24.9. The number of nitrogens with zero attached hydrogens (tertiary/aromatic N) is 2. The minimum absolute atomic E-state index is 0.0202. The van der Waals surface area contributed by atoms with Gasteiger partial charge in [-0.3, -0.25) is 13.9 Å². The van der Waals surface area contributed by atoms with E-state index >= 15 is 0 Å². The third-order valence-corrected chi connectivity index (χ3v) is 8.66. The van der Waals surface area contributed by atoms with E-state index in [0.29, 0.717) is 21.4 Å². The van der Waals surface area contributed by atoms with Crippen molar-refractivity contribution in [3.05, 3.63) is 52.0 Å². The van der Waals surface area contributed by atoms with E-state index in [1.165, 1.54) is 31.3 Å². The van der Waals surface area contributed by atoms with Crippen molar-refractivity contribution in [3.63, 3.8) is 0 Å². The van der Waals surface area contributed by atoms with Crippen molar-refractivity contribution in [2.75, 3.05) is 31.3 Å². The van der Waals surface area contributed by atoms with Crippen molar-refractivity contribution >= 4 is 50.7 Å². The second-order valence-corrected chi connectivity index (χ2v) is 12.3. The molecule has 0 aromatic heterocycles. The summed E-state index contributed by atoms with van der Waals surface area (Å²) in [4.78, 5) is 28.4. The topological polar surface area (TPSA) is 105 Å². The van der Waals surface area contributed by atoms with Gasteiger partial charge in [-0.2, -0.15) is 0 Å². The molecule has 9 nitrogen and oxygen atoms in total. The lowest BCUT2D eigenvalue weighted by Gasteiger charge is -2.33. The smallest absolute Gasteiger partial charge is 0.244 e. The second kappa shape index (κ2) is 13.6. The number of benzene rings is 2. The highest BCUT2D eigenvalue weighted by atomic mass is 35.5. The van der Waals surface area contributed by atoms with Crippen LogP contribution >= 0.6 is 23.2 Å². The second-order valence-electron chi connectivity index (χ2n) is 9.60. The first-order valence-corrected chi connectivity index (χ1v) is 15.3. The van der Waals surface area contributed by atoms with Crippen molar-refractivity contribution in [1.29, 1.82) is 0 Å². The largest absolute Gasteiger partial charge is 0.497 e. The maximum atomic E-state index is 13.8. The Hall–Kier alpha value is -2.69. The Morgan fingerprint density at radius 1 is 1.03 bits per heavy atom. The van der Waals surface area contributed by atoms with Crippen LogP contribution in [0.4, 0.5) is 5.69 Å². The summed E-state index contributed by atoms with van der Waals surface area (Å²) in [5.74, 6) is -0.199. The highest BCUT2D eigenvalue weighted by Gasteiger charge is 2.32. The van der Waals surface area contributed by atoms with Gasteiger partial charge in [0, 0.05) is 18.7 Å². The summed E-state index contributed by atoms with van der Waals surface area (Å²) in [7, 11) is -1.05. The van der Waals surface area contributed by atoms with Crippen molar-refractivity contribution in [2.45, 2.75) is 57.7 Å². The number of anilines is 1. The molecule has 1 atom stereocenters. The highest BCUT2D eigenvalue weighted by Crippen LogP contribution is 2.34. The minimum atomic E-state index is -3.93. The zero-order valence-electron chi connectivity index (χ0n) is 22.6. The molecule has 3 rings (SSSR count). The van der Waals surface area contributed by atoms with Gasteiger partial charge in [-0.15, -0.1) is 0 Å². The summed E-state index contributed by atoms with van der Waals surface area (Å²) in [6, 6.07) is 8.73. The summed E-state index contributed by atoms with van der Waals surface area (Å²) in [5.41, 5.74) is 0.811. The average molecular weight is 601 g/mol. The molecule has 214 valence electrons. The fraction of sp³-hybridized carbons (Fsp3) is 0.481. The van der Waals surface area contributed by atoms with Gasteiger partial charge in [-0.1, -0.05) is 48.5 Å². The van der Waals surface area contributed by atoms with Gasteiger partial charge < -0.3 is 19.7 Å². The van der Waals surface area contributed by atoms with Crippen LogP contribution in [0.1, 0.15) is 44.6 Å². The Labute approximate surface area is 240 Å². The van der Waals surface area contributed by atoms with Gasteiger partial charge in [0.2, 0.25) is 21.8 Å². The number of carbonyl (C=O) groups is 2. The zero-order chi connectivity index (χ0) is 28.7. The summed E-state index contributed by atoms with van der Waals surface area (Å²) in [6.45, 7) is 1.10. The van der Waals surface area contributed by atoms with Gasteiger partial charge >= 0.3 is 0 Å². The molecule has 1 aliphatic rings. The monoisotopic (exact) mass is 599 g/mol. The van der Waals surface area contributed by atoms with E-state index in [-0.39, 0.29) is 29.9 Å². The average Bonchev–Trinajstić information content (AvgIpc) is 2.91. The molecule has 0 heterocycles. The van der Waals surface area contributed by atoms with Crippen LogP contribution in [0.5, 0.6) is 11.5 Å². The number of hydrogen-bond donors (Lipinski definition) is 1. The molecule has 0 radical (unpaired) electrons. The lowest BCUT2D eigenvalue weighted by molar-refractivity contribution is -0.139. The number of halogens is 2. The SMILES string of the molecule is COc1ccc(N(CC(=O)N(Cc2ccc(Cl)c(Cl)c2)[C@H](C)C(=O)NC2CCCCC2)S(C)(=O)=O)c(OC)c1. The van der Waals surface area contributed by atoms with Crippen LogP contribution in [0.2, 0.25) is 10.0 Å². The summed E-state index contributed by atoms with van der Waals surface area (Å²) < 4.78 is 37.3. The van der Waals surface area contributed by atoms with Crippen LogP contribution in [0.15, 0.2) is 36.4 Å². The first-order valence-electron chi connectivity index (χ1n) is 12.7. The third kappa shape index (κ3) is 8.16. The van der Waals surface area contributed by atoms with Crippen LogP contribution < -0.4 is 19.1 Å². The Morgan fingerprint density at radius 2 is 1.72 bits per heavy atom. The number of rotatable bonds is 11. The molecular formula is C27H35Cl2N3O6S. The fourth-order valence-electron chi connectivity index (χ4n) is 4.57. The number of nitrogens with one attached hydrogen (secondary N) is 1. The fourth-order valence-corrected chi connectivity index (χ4v) is 5.75. The molecule has 0 unspecified atom stereocenters. The van der Waals surface area contributed by atoms with Gasteiger partial charge in [-0.05, 0) is 49.6 Å². The number of methoxy groups -OCH3 is 2. The van der Waals surface area contributed by atoms with E-state index in [1.54, 1.807) is 31.2 Å². The van der Waals surface area contributed by atoms with Crippen LogP contribution in [-0.2, 0) is 26.2 Å². The number of amides is 2. The van der Waals surface area contributed by atoms with E-state index in [4.69, 9.17) is 32.7 Å². The molecular weight excluding hydrogens is 565 g/mol. The Morgan fingerprint density at radius 3 is 2.31 bits per heavy atom. The lowest BCUT2D eigenvalue weighted by atomic mass is 9.95. The molecule has 2 aromatic rings. The van der Waals surface area contributed by atoms with E-state index in [2.05, 4.69) is 5.32 Å². The predicted molar refractivity (Wildman–Crippen MR) is 153 cm³/mol. The maximum absolute atomic E-state index is 13.8. The van der Waals surface area contributed by atoms with E-state index < -0.39 is 28.5 Å². The van der Waals surface area contributed by atoms with E-state index in [1.807, 2.05) is 0 Å². The molecule has 0 spiro atoms. The lowest BCUT2D eigenvalue weighted by Crippen LogP contribution is -2.53. The van der Waals surface area contributed by atoms with Gasteiger partial charge in [0.15, 0.2) is 0 Å². The number of ether oxygens (including phenoxy) is 2. The van der Waals surface area contributed by atoms with Crippen molar-refractivity contribution < 1.29 is 27.5 Å².